The van der Waals surface area contributed by atoms with Crippen LogP contribution in [-0.4, -0.2) is 46.9 Å². The molecule has 1 atom stereocenters. The number of carbonyl (C=O) groups is 3. The number of rotatable bonds is 5. The molecule has 0 aromatic carbocycles. The average Bonchev–Trinajstić information content (AvgIpc) is 2.22. The first kappa shape index (κ1) is 20.0. The van der Waals surface area contributed by atoms with Crippen LogP contribution in [0.4, 0.5) is 9.59 Å². The van der Waals surface area contributed by atoms with Gasteiger partial charge in [0.25, 0.3) is 0 Å². The third-order valence-corrected chi connectivity index (χ3v) is 2.19. The van der Waals surface area contributed by atoms with Gasteiger partial charge in [-0.3, -0.25) is 0 Å². The second-order valence-electron chi connectivity index (χ2n) is 6.96. The predicted molar refractivity (Wildman–Crippen MR) is 81.7 cm³/mol. The van der Waals surface area contributed by atoms with Crippen molar-refractivity contribution in [3.8, 4) is 0 Å². The summed E-state index contributed by atoms with van der Waals surface area (Å²) in [6, 6.07) is -1.67. The number of nitrogens with one attached hydrogen (secondary N) is 3. The molecule has 0 aliphatic carbocycles. The summed E-state index contributed by atoms with van der Waals surface area (Å²) in [5.74, 6) is -1.17. The van der Waals surface area contributed by atoms with Crippen LogP contribution in [0.2, 0.25) is 0 Å². The first-order valence-electron chi connectivity index (χ1n) is 7.08. The lowest BCUT2D eigenvalue weighted by molar-refractivity contribution is -0.139. The van der Waals surface area contributed by atoms with Crippen LogP contribution in [0.3, 0.4) is 0 Å². The molecule has 0 aliphatic heterocycles. The lowest BCUT2D eigenvalue weighted by atomic mass is 10.1. The van der Waals surface area contributed by atoms with Gasteiger partial charge in [-0.05, 0) is 48.0 Å². The molecule has 4 N–H and O–H groups in total. The molecule has 0 saturated carbocycles. The zero-order valence-electron chi connectivity index (χ0n) is 14.1. The van der Waals surface area contributed by atoms with E-state index in [0.29, 0.717) is 0 Å². The molecule has 8 nitrogen and oxygen atoms in total. The Balaban J connectivity index is 4.30. The fourth-order valence-electron chi connectivity index (χ4n) is 1.43. The standard InChI is InChI=1S/C14H27N3O5/c1-13(2,3)17-11(20)16-9(10(18)19)7-8-15-12(21)22-14(4,5)6/h9H,7-8H2,1-6H3,(H,15,21)(H,18,19)(H2,16,17,20). The van der Waals surface area contributed by atoms with Crippen molar-refractivity contribution in [2.45, 2.75) is 65.1 Å². The maximum atomic E-state index is 11.7. The van der Waals surface area contributed by atoms with Crippen LogP contribution in [0.5, 0.6) is 0 Å². The molecule has 8 heteroatoms. The van der Waals surface area contributed by atoms with Crippen molar-refractivity contribution in [1.82, 2.24) is 16.0 Å². The summed E-state index contributed by atoms with van der Waals surface area (Å²) in [7, 11) is 0. The zero-order valence-corrected chi connectivity index (χ0v) is 14.1. The Kier molecular flexibility index (Phi) is 7.15. The molecule has 0 aliphatic rings. The summed E-state index contributed by atoms with van der Waals surface area (Å²) >= 11 is 0. The summed E-state index contributed by atoms with van der Waals surface area (Å²) in [5.41, 5.74) is -1.09. The van der Waals surface area contributed by atoms with Crippen LogP contribution in [0, 0.1) is 0 Å². The van der Waals surface area contributed by atoms with Crippen LogP contribution >= 0.6 is 0 Å². The monoisotopic (exact) mass is 317 g/mol. The minimum Gasteiger partial charge on any atom is -0.480 e. The molecule has 0 bridgehead atoms. The minimum absolute atomic E-state index is 0.0478. The van der Waals surface area contributed by atoms with Gasteiger partial charge in [-0.2, -0.15) is 0 Å². The lowest BCUT2D eigenvalue weighted by Gasteiger charge is -2.23. The maximum Gasteiger partial charge on any atom is 0.407 e. The highest BCUT2D eigenvalue weighted by Crippen LogP contribution is 2.06. The Morgan fingerprint density at radius 2 is 1.64 bits per heavy atom. The Hall–Kier alpha value is -1.99. The number of carboxylic acid groups (broad SMARTS) is 1. The smallest absolute Gasteiger partial charge is 0.407 e. The summed E-state index contributed by atoms with van der Waals surface area (Å²) in [6.45, 7) is 10.6. The molecule has 0 spiro atoms. The van der Waals surface area contributed by atoms with Gasteiger partial charge in [-0.15, -0.1) is 0 Å². The molecule has 1 unspecified atom stereocenters. The number of carboxylic acids is 1. The largest absolute Gasteiger partial charge is 0.480 e. The van der Waals surface area contributed by atoms with Crippen molar-refractivity contribution >= 4 is 18.1 Å². The van der Waals surface area contributed by atoms with Crippen molar-refractivity contribution in [3.05, 3.63) is 0 Å². The SMILES string of the molecule is CC(C)(C)NC(=O)NC(CCNC(=O)OC(C)(C)C)C(=O)O. The average molecular weight is 317 g/mol. The predicted octanol–water partition coefficient (Wildman–Crippen LogP) is 1.45. The molecule has 3 amide bonds. The number of alkyl carbamates (subject to hydrolysis) is 1. The number of hydrogen-bond acceptors (Lipinski definition) is 4. The topological polar surface area (TPSA) is 117 Å². The van der Waals surface area contributed by atoms with Gasteiger partial charge in [-0.25, -0.2) is 14.4 Å². The fraction of sp³-hybridized carbons (Fsp3) is 0.786. The zero-order chi connectivity index (χ0) is 17.6. The highest BCUT2D eigenvalue weighted by molar-refractivity contribution is 5.82. The molecule has 0 aromatic rings. The number of urea groups is 1. The van der Waals surface area contributed by atoms with Crippen molar-refractivity contribution in [2.24, 2.45) is 0 Å². The van der Waals surface area contributed by atoms with E-state index in [0.717, 1.165) is 0 Å². The minimum atomic E-state index is -1.17. The van der Waals surface area contributed by atoms with E-state index in [1.165, 1.54) is 0 Å². The Bertz CT molecular complexity index is 410. The van der Waals surface area contributed by atoms with E-state index in [1.54, 1.807) is 41.5 Å². The molecule has 0 radical (unpaired) electrons. The second kappa shape index (κ2) is 7.86. The lowest BCUT2D eigenvalue weighted by Crippen LogP contribution is -2.52. The van der Waals surface area contributed by atoms with Crippen molar-refractivity contribution in [1.29, 1.82) is 0 Å². The summed E-state index contributed by atoms with van der Waals surface area (Å²) in [6.07, 6.45) is -0.581. The summed E-state index contributed by atoms with van der Waals surface area (Å²) in [5, 5.41) is 16.5. The van der Waals surface area contributed by atoms with Crippen molar-refractivity contribution in [2.75, 3.05) is 6.54 Å². The van der Waals surface area contributed by atoms with Gasteiger partial charge in [-0.1, -0.05) is 0 Å². The molecule has 0 rings (SSSR count). The van der Waals surface area contributed by atoms with Gasteiger partial charge < -0.3 is 25.8 Å². The third kappa shape index (κ3) is 10.8. The van der Waals surface area contributed by atoms with Crippen LogP contribution in [0.1, 0.15) is 48.0 Å². The highest BCUT2D eigenvalue weighted by Gasteiger charge is 2.23. The van der Waals surface area contributed by atoms with E-state index in [2.05, 4.69) is 16.0 Å². The highest BCUT2D eigenvalue weighted by atomic mass is 16.6. The van der Waals surface area contributed by atoms with Crippen molar-refractivity contribution < 1.29 is 24.2 Å². The van der Waals surface area contributed by atoms with Crippen LogP contribution < -0.4 is 16.0 Å². The molecule has 128 valence electrons. The van der Waals surface area contributed by atoms with Crippen molar-refractivity contribution in [3.63, 3.8) is 0 Å². The van der Waals surface area contributed by atoms with Gasteiger partial charge >= 0.3 is 18.1 Å². The van der Waals surface area contributed by atoms with E-state index in [4.69, 9.17) is 9.84 Å². The molecular formula is C14H27N3O5. The van der Waals surface area contributed by atoms with Crippen LogP contribution in [0.15, 0.2) is 0 Å². The Morgan fingerprint density at radius 1 is 1.09 bits per heavy atom. The number of hydrogen-bond donors (Lipinski definition) is 4. The van der Waals surface area contributed by atoms with Crippen LogP contribution in [0.25, 0.3) is 0 Å². The first-order chi connectivity index (χ1) is 9.80. The van der Waals surface area contributed by atoms with E-state index in [-0.39, 0.29) is 13.0 Å². The van der Waals surface area contributed by atoms with E-state index < -0.39 is 35.3 Å². The first-order valence-corrected chi connectivity index (χ1v) is 7.08. The molecule has 0 heterocycles. The molecule has 22 heavy (non-hydrogen) atoms. The van der Waals surface area contributed by atoms with Crippen LogP contribution in [-0.2, 0) is 9.53 Å². The van der Waals surface area contributed by atoms with E-state index in [9.17, 15) is 14.4 Å². The summed E-state index contributed by atoms with van der Waals surface area (Å²) < 4.78 is 5.03. The van der Waals surface area contributed by atoms with Gasteiger partial charge in [0.05, 0.1) is 0 Å². The molecule has 0 fully saturated rings. The second-order valence-corrected chi connectivity index (χ2v) is 6.96. The molecular weight excluding hydrogens is 290 g/mol. The number of ether oxygens (including phenoxy) is 1. The number of carbonyl (C=O) groups excluding carboxylic acids is 2. The van der Waals surface area contributed by atoms with Gasteiger partial charge in [0.2, 0.25) is 0 Å². The third-order valence-electron chi connectivity index (χ3n) is 2.19. The van der Waals surface area contributed by atoms with Gasteiger partial charge in [0, 0.05) is 12.1 Å². The number of amides is 3. The summed E-state index contributed by atoms with van der Waals surface area (Å²) in [4.78, 5) is 34.2. The van der Waals surface area contributed by atoms with E-state index >= 15 is 0 Å². The van der Waals surface area contributed by atoms with Gasteiger partial charge in [0.15, 0.2) is 0 Å². The quantitative estimate of drug-likeness (QED) is 0.612. The van der Waals surface area contributed by atoms with E-state index in [1.807, 2.05) is 0 Å². The number of aliphatic carboxylic acids is 1. The Morgan fingerprint density at radius 3 is 2.05 bits per heavy atom. The normalized spacial score (nSPS) is 13.0. The maximum absolute atomic E-state index is 11.7. The fourth-order valence-corrected chi connectivity index (χ4v) is 1.43. The Labute approximate surface area is 131 Å². The molecule has 0 saturated heterocycles. The molecule has 0 aromatic heterocycles. The van der Waals surface area contributed by atoms with Gasteiger partial charge in [0.1, 0.15) is 11.6 Å².